The van der Waals surface area contributed by atoms with E-state index in [9.17, 15) is 4.79 Å². The van der Waals surface area contributed by atoms with Crippen LogP contribution in [-0.4, -0.2) is 47.1 Å². The topological polar surface area (TPSA) is 64.6 Å². The number of ether oxygens (including phenoxy) is 2. The second kappa shape index (κ2) is 9.94. The first-order chi connectivity index (χ1) is 16.6. The van der Waals surface area contributed by atoms with Gasteiger partial charge in [0.25, 0.3) is 0 Å². The maximum atomic E-state index is 14.1. The van der Waals surface area contributed by atoms with E-state index in [4.69, 9.17) is 14.5 Å². The fourth-order valence-corrected chi connectivity index (χ4v) is 5.14. The van der Waals surface area contributed by atoms with E-state index in [0.29, 0.717) is 25.6 Å². The molecule has 6 heteroatoms. The number of nitrogens with zero attached hydrogens (tertiary/aromatic N) is 3. The Hall–Kier alpha value is -3.25. The molecule has 34 heavy (non-hydrogen) atoms. The molecule has 0 spiro atoms. The Bertz CT molecular complexity index is 1110. The highest BCUT2D eigenvalue weighted by Crippen LogP contribution is 2.39. The molecule has 0 unspecified atom stereocenters. The van der Waals surface area contributed by atoms with Crippen LogP contribution in [0.5, 0.6) is 11.6 Å². The number of likely N-dealkylation sites (tertiary alicyclic amines) is 1. The van der Waals surface area contributed by atoms with Crippen molar-refractivity contribution in [3.05, 3.63) is 83.8 Å². The molecule has 0 N–H and O–H groups in total. The van der Waals surface area contributed by atoms with Gasteiger partial charge in [-0.3, -0.25) is 9.78 Å². The van der Waals surface area contributed by atoms with Crippen LogP contribution in [0, 0.1) is 6.92 Å². The number of amides is 1. The standard InChI is InChI=1S/C28H31N3O3/c1-21-9-11-23(12-10-21)28(13-16-33-17-14-28)27(32)31-15-5-6-22(20-31)25-18-29-19-26(30-25)34-24-7-3-2-4-8-24/h2-4,7-12,18-19,22H,5-6,13-17,20H2,1H3/t22-/m0/s1. The van der Waals surface area contributed by atoms with E-state index in [1.54, 1.807) is 12.4 Å². The van der Waals surface area contributed by atoms with Crippen molar-refractivity contribution < 1.29 is 14.3 Å². The highest BCUT2D eigenvalue weighted by molar-refractivity contribution is 5.88. The van der Waals surface area contributed by atoms with Gasteiger partial charge >= 0.3 is 0 Å². The van der Waals surface area contributed by atoms with Crippen LogP contribution >= 0.6 is 0 Å². The first kappa shape index (κ1) is 22.5. The molecule has 2 aliphatic rings. The van der Waals surface area contributed by atoms with Crippen molar-refractivity contribution in [1.29, 1.82) is 0 Å². The molecule has 3 aromatic rings. The minimum absolute atomic E-state index is 0.138. The summed E-state index contributed by atoms with van der Waals surface area (Å²) in [5.74, 6) is 1.56. The van der Waals surface area contributed by atoms with Gasteiger partial charge in [-0.2, -0.15) is 0 Å². The maximum absolute atomic E-state index is 14.1. The van der Waals surface area contributed by atoms with Crippen molar-refractivity contribution in [1.82, 2.24) is 14.9 Å². The summed E-state index contributed by atoms with van der Waals surface area (Å²) in [7, 11) is 0. The molecule has 2 fully saturated rings. The Labute approximate surface area is 201 Å². The normalized spacial score (nSPS) is 20.0. The number of benzene rings is 2. The third-order valence-corrected chi connectivity index (χ3v) is 7.08. The van der Waals surface area contributed by atoms with Crippen molar-refractivity contribution in [3.8, 4) is 11.6 Å². The average Bonchev–Trinajstić information content (AvgIpc) is 2.90. The minimum atomic E-state index is -0.516. The summed E-state index contributed by atoms with van der Waals surface area (Å²) < 4.78 is 11.6. The molecule has 0 saturated carbocycles. The van der Waals surface area contributed by atoms with Gasteiger partial charge in [-0.15, -0.1) is 0 Å². The molecule has 2 aromatic carbocycles. The van der Waals surface area contributed by atoms with Gasteiger partial charge in [0.15, 0.2) is 0 Å². The van der Waals surface area contributed by atoms with Crippen molar-refractivity contribution >= 4 is 5.91 Å². The fraction of sp³-hybridized carbons (Fsp3) is 0.393. The van der Waals surface area contributed by atoms with Gasteiger partial charge in [0, 0.05) is 38.4 Å². The molecular formula is C28H31N3O3. The monoisotopic (exact) mass is 457 g/mol. The number of hydrogen-bond donors (Lipinski definition) is 0. The lowest BCUT2D eigenvalue weighted by Crippen LogP contribution is -2.52. The Morgan fingerprint density at radius 2 is 1.82 bits per heavy atom. The van der Waals surface area contributed by atoms with Gasteiger partial charge in [-0.25, -0.2) is 4.98 Å². The Balaban J connectivity index is 1.36. The molecule has 0 radical (unpaired) electrons. The van der Waals surface area contributed by atoms with Gasteiger partial charge in [0.2, 0.25) is 11.8 Å². The van der Waals surface area contributed by atoms with Crippen LogP contribution in [0.4, 0.5) is 0 Å². The van der Waals surface area contributed by atoms with Crippen molar-refractivity contribution in [2.75, 3.05) is 26.3 Å². The Kier molecular flexibility index (Phi) is 6.59. The molecule has 1 aromatic heterocycles. The third-order valence-electron chi connectivity index (χ3n) is 7.08. The van der Waals surface area contributed by atoms with E-state index in [1.807, 2.05) is 35.2 Å². The summed E-state index contributed by atoms with van der Waals surface area (Å²) >= 11 is 0. The Morgan fingerprint density at radius 3 is 2.59 bits per heavy atom. The number of aromatic nitrogens is 2. The summed E-state index contributed by atoms with van der Waals surface area (Å²) in [5, 5.41) is 0. The van der Waals surface area contributed by atoms with Crippen LogP contribution in [0.3, 0.4) is 0 Å². The molecule has 2 aliphatic heterocycles. The molecule has 5 rings (SSSR count). The van der Waals surface area contributed by atoms with E-state index in [-0.39, 0.29) is 11.8 Å². The number of carbonyl (C=O) groups excluding carboxylic acids is 1. The largest absolute Gasteiger partial charge is 0.437 e. The molecule has 1 amide bonds. The van der Waals surface area contributed by atoms with E-state index < -0.39 is 5.41 Å². The third kappa shape index (κ3) is 4.68. The van der Waals surface area contributed by atoms with E-state index in [2.05, 4.69) is 36.2 Å². The zero-order valence-electron chi connectivity index (χ0n) is 19.7. The molecule has 3 heterocycles. The predicted molar refractivity (Wildman–Crippen MR) is 130 cm³/mol. The zero-order valence-corrected chi connectivity index (χ0v) is 19.7. The molecular weight excluding hydrogens is 426 g/mol. The summed E-state index contributed by atoms with van der Waals surface area (Å²) in [6.45, 7) is 4.73. The fourth-order valence-electron chi connectivity index (χ4n) is 5.14. The molecule has 0 aliphatic carbocycles. The van der Waals surface area contributed by atoms with Crippen LogP contribution in [0.1, 0.15) is 48.4 Å². The van der Waals surface area contributed by atoms with Crippen LogP contribution < -0.4 is 4.74 Å². The number of aryl methyl sites for hydroxylation is 1. The van der Waals surface area contributed by atoms with Crippen LogP contribution in [0.15, 0.2) is 67.0 Å². The second-order valence-corrected chi connectivity index (χ2v) is 9.35. The zero-order chi connectivity index (χ0) is 23.4. The second-order valence-electron chi connectivity index (χ2n) is 9.35. The van der Waals surface area contributed by atoms with Crippen molar-refractivity contribution in [2.45, 2.75) is 43.9 Å². The highest BCUT2D eigenvalue weighted by Gasteiger charge is 2.45. The van der Waals surface area contributed by atoms with Gasteiger partial charge in [-0.05, 0) is 50.3 Å². The van der Waals surface area contributed by atoms with Gasteiger partial charge in [0.1, 0.15) is 5.75 Å². The summed E-state index contributed by atoms with van der Waals surface area (Å²) in [5.41, 5.74) is 2.67. The minimum Gasteiger partial charge on any atom is -0.437 e. The van der Waals surface area contributed by atoms with Crippen molar-refractivity contribution in [3.63, 3.8) is 0 Å². The molecule has 176 valence electrons. The number of carbonyl (C=O) groups is 1. The quantitative estimate of drug-likeness (QED) is 0.538. The van der Waals surface area contributed by atoms with Gasteiger partial charge < -0.3 is 14.4 Å². The van der Waals surface area contributed by atoms with Gasteiger partial charge in [-0.1, -0.05) is 48.0 Å². The Morgan fingerprint density at radius 1 is 1.06 bits per heavy atom. The summed E-state index contributed by atoms with van der Waals surface area (Å²) in [6.07, 6.45) is 6.81. The lowest BCUT2D eigenvalue weighted by molar-refractivity contribution is -0.142. The molecule has 2 saturated heterocycles. The number of hydrogen-bond acceptors (Lipinski definition) is 5. The molecule has 0 bridgehead atoms. The smallest absolute Gasteiger partial charge is 0.238 e. The van der Waals surface area contributed by atoms with E-state index in [1.165, 1.54) is 5.56 Å². The number of para-hydroxylation sites is 1. The lowest BCUT2D eigenvalue weighted by atomic mass is 9.72. The number of piperidine rings is 1. The van der Waals surface area contributed by atoms with Crippen molar-refractivity contribution in [2.24, 2.45) is 0 Å². The van der Waals surface area contributed by atoms with Crippen LogP contribution in [0.2, 0.25) is 0 Å². The molecule has 1 atom stereocenters. The van der Waals surface area contributed by atoms with Crippen LogP contribution in [0.25, 0.3) is 0 Å². The van der Waals surface area contributed by atoms with Gasteiger partial charge in [0.05, 0.1) is 17.3 Å². The van der Waals surface area contributed by atoms with Crippen LogP contribution in [-0.2, 0) is 14.9 Å². The van der Waals surface area contributed by atoms with E-state index in [0.717, 1.165) is 49.2 Å². The first-order valence-corrected chi connectivity index (χ1v) is 12.1. The first-order valence-electron chi connectivity index (χ1n) is 12.1. The predicted octanol–water partition coefficient (Wildman–Crippen LogP) is 5.03. The average molecular weight is 458 g/mol. The molecule has 6 nitrogen and oxygen atoms in total. The maximum Gasteiger partial charge on any atom is 0.238 e. The highest BCUT2D eigenvalue weighted by atomic mass is 16.5. The lowest BCUT2D eigenvalue weighted by Gasteiger charge is -2.42. The summed E-state index contributed by atoms with van der Waals surface area (Å²) in [6, 6.07) is 18.0. The van der Waals surface area contributed by atoms with E-state index >= 15 is 0 Å². The number of rotatable bonds is 5. The summed E-state index contributed by atoms with van der Waals surface area (Å²) in [4.78, 5) is 25.2. The SMILES string of the molecule is Cc1ccc(C2(C(=O)N3CCC[C@H](c4cncc(Oc5ccccc5)n4)C3)CCOCC2)cc1.